The summed E-state index contributed by atoms with van der Waals surface area (Å²) in [5.74, 6) is 0.212. The number of carbonyl (C=O) groups excluding carboxylic acids is 1. The normalized spacial score (nSPS) is 15.3. The molecule has 25 heavy (non-hydrogen) atoms. The van der Waals surface area contributed by atoms with Gasteiger partial charge in [-0.05, 0) is 36.1 Å². The zero-order chi connectivity index (χ0) is 17.8. The Labute approximate surface area is 155 Å². The second kappa shape index (κ2) is 7.67. The van der Waals surface area contributed by atoms with Gasteiger partial charge in [-0.3, -0.25) is 9.79 Å². The van der Waals surface area contributed by atoms with Crippen molar-refractivity contribution in [2.24, 2.45) is 15.8 Å². The number of thiophene rings is 1. The molecule has 1 aromatic carbocycles. The maximum atomic E-state index is 12.3. The third-order valence-electron chi connectivity index (χ3n) is 3.82. The molecule has 6 nitrogen and oxygen atoms in total. The predicted octanol–water partition coefficient (Wildman–Crippen LogP) is 3.07. The highest BCUT2D eigenvalue weighted by molar-refractivity contribution is 7.12. The Morgan fingerprint density at radius 3 is 3.00 bits per heavy atom. The van der Waals surface area contributed by atoms with Crippen LogP contribution in [-0.2, 0) is 4.79 Å². The average molecular weight is 376 g/mol. The van der Waals surface area contributed by atoms with Crippen LogP contribution in [0.2, 0.25) is 5.02 Å². The lowest BCUT2D eigenvalue weighted by Gasteiger charge is -2.22. The monoisotopic (exact) mass is 375 g/mol. The van der Waals surface area contributed by atoms with Crippen LogP contribution in [0.1, 0.15) is 16.9 Å². The molecular formula is C17H18ClN5OS. The van der Waals surface area contributed by atoms with Crippen LogP contribution in [0.3, 0.4) is 0 Å². The third-order valence-corrected chi connectivity index (χ3v) is 5.13. The molecule has 1 aliphatic rings. The lowest BCUT2D eigenvalue weighted by Crippen LogP contribution is -2.36. The van der Waals surface area contributed by atoms with Crippen molar-refractivity contribution in [3.8, 4) is 0 Å². The summed E-state index contributed by atoms with van der Waals surface area (Å²) in [5, 5.41) is 11.4. The molecule has 1 amide bonds. The van der Waals surface area contributed by atoms with Gasteiger partial charge in [-0.25, -0.2) is 5.01 Å². The molecular weight excluding hydrogens is 358 g/mol. The molecule has 0 saturated carbocycles. The SMILES string of the molecule is Cc1c(Cl)cccc1NCC1=NCN(N=C(N)c2cccs2)C(=O)C1. The number of halogens is 1. The van der Waals surface area contributed by atoms with Crippen LogP contribution in [0.4, 0.5) is 5.69 Å². The van der Waals surface area contributed by atoms with Gasteiger partial charge in [-0.15, -0.1) is 16.4 Å². The summed E-state index contributed by atoms with van der Waals surface area (Å²) in [7, 11) is 0. The third kappa shape index (κ3) is 4.18. The highest BCUT2D eigenvalue weighted by Crippen LogP contribution is 2.23. The zero-order valence-electron chi connectivity index (χ0n) is 13.7. The topological polar surface area (TPSA) is 83.1 Å². The molecule has 0 unspecified atom stereocenters. The van der Waals surface area contributed by atoms with Gasteiger partial charge >= 0.3 is 0 Å². The lowest BCUT2D eigenvalue weighted by atomic mass is 10.1. The van der Waals surface area contributed by atoms with Crippen LogP contribution in [-0.4, -0.2) is 35.7 Å². The molecule has 0 bridgehead atoms. The molecule has 1 aliphatic heterocycles. The van der Waals surface area contributed by atoms with E-state index in [1.807, 2.05) is 42.6 Å². The molecule has 3 N–H and O–H groups in total. The number of hydrogen-bond donors (Lipinski definition) is 2. The molecule has 3 rings (SSSR count). The maximum absolute atomic E-state index is 12.3. The summed E-state index contributed by atoms with van der Waals surface area (Å²) in [6, 6.07) is 9.43. The number of nitrogens with zero attached hydrogens (tertiary/aromatic N) is 3. The molecule has 8 heteroatoms. The van der Waals surface area contributed by atoms with E-state index in [0.717, 1.165) is 21.8 Å². The Hall–Kier alpha value is -2.38. The van der Waals surface area contributed by atoms with Crippen molar-refractivity contribution >= 4 is 46.1 Å². The number of amides is 1. The molecule has 0 spiro atoms. The van der Waals surface area contributed by atoms with Crippen molar-refractivity contribution in [1.29, 1.82) is 0 Å². The minimum Gasteiger partial charge on any atom is -0.381 e. The number of anilines is 1. The van der Waals surface area contributed by atoms with Gasteiger partial charge in [0, 0.05) is 16.4 Å². The first-order chi connectivity index (χ1) is 12.0. The van der Waals surface area contributed by atoms with Gasteiger partial charge in [0.15, 0.2) is 5.84 Å². The Kier molecular flexibility index (Phi) is 5.35. The van der Waals surface area contributed by atoms with Gasteiger partial charge in [0.2, 0.25) is 5.91 Å². The number of rotatable bonds is 5. The van der Waals surface area contributed by atoms with Gasteiger partial charge in [-0.2, -0.15) is 0 Å². The van der Waals surface area contributed by atoms with E-state index < -0.39 is 0 Å². The first-order valence-electron chi connectivity index (χ1n) is 7.74. The molecule has 2 aromatic rings. The molecule has 0 fully saturated rings. The number of nitrogens with two attached hydrogens (primary N) is 1. The van der Waals surface area contributed by atoms with Crippen molar-refractivity contribution in [1.82, 2.24) is 5.01 Å². The molecule has 130 valence electrons. The number of amidine groups is 1. The van der Waals surface area contributed by atoms with E-state index in [1.165, 1.54) is 16.3 Å². The quantitative estimate of drug-likeness (QED) is 0.622. The highest BCUT2D eigenvalue weighted by Gasteiger charge is 2.21. The van der Waals surface area contributed by atoms with Gasteiger partial charge in [-0.1, -0.05) is 23.7 Å². The summed E-state index contributed by atoms with van der Waals surface area (Å²) in [6.45, 7) is 2.61. The largest absolute Gasteiger partial charge is 0.381 e. The Bertz CT molecular complexity index is 832. The van der Waals surface area contributed by atoms with Crippen LogP contribution in [0, 0.1) is 6.92 Å². The minimum atomic E-state index is -0.117. The van der Waals surface area contributed by atoms with E-state index in [-0.39, 0.29) is 19.0 Å². The standard InChI is InChI=1S/C17H18ClN5OS/c1-11-13(18)4-2-5-14(11)20-9-12-8-16(24)23(10-21-12)22-17(19)15-6-3-7-25-15/h2-7,20H,8-10H2,1H3,(H2,19,22). The molecule has 0 saturated heterocycles. The van der Waals surface area contributed by atoms with Crippen LogP contribution in [0.25, 0.3) is 0 Å². The van der Waals surface area contributed by atoms with Crippen molar-refractivity contribution in [2.75, 3.05) is 18.5 Å². The van der Waals surface area contributed by atoms with E-state index in [9.17, 15) is 4.79 Å². The minimum absolute atomic E-state index is 0.117. The fourth-order valence-electron chi connectivity index (χ4n) is 2.37. The smallest absolute Gasteiger partial charge is 0.250 e. The van der Waals surface area contributed by atoms with E-state index >= 15 is 0 Å². The molecule has 0 atom stereocenters. The number of hydrazone groups is 1. The highest BCUT2D eigenvalue weighted by atomic mass is 35.5. The van der Waals surface area contributed by atoms with Crippen molar-refractivity contribution < 1.29 is 4.79 Å². The van der Waals surface area contributed by atoms with Crippen molar-refractivity contribution in [3.63, 3.8) is 0 Å². The van der Waals surface area contributed by atoms with E-state index in [4.69, 9.17) is 17.3 Å². The van der Waals surface area contributed by atoms with Crippen molar-refractivity contribution in [3.05, 3.63) is 51.2 Å². The summed E-state index contributed by atoms with van der Waals surface area (Å²) < 4.78 is 0. The van der Waals surface area contributed by atoms with E-state index in [1.54, 1.807) is 0 Å². The summed E-state index contributed by atoms with van der Waals surface area (Å²) in [4.78, 5) is 17.5. The van der Waals surface area contributed by atoms with Gasteiger partial charge in [0.05, 0.1) is 17.8 Å². The maximum Gasteiger partial charge on any atom is 0.250 e. The summed E-state index contributed by atoms with van der Waals surface area (Å²) >= 11 is 7.59. The number of benzene rings is 1. The first kappa shape index (κ1) is 17.4. The fraction of sp³-hybridized carbons (Fsp3) is 0.235. The number of aliphatic imine (C=N–C) groups is 1. The van der Waals surface area contributed by atoms with Crippen LogP contribution < -0.4 is 11.1 Å². The Morgan fingerprint density at radius 1 is 1.44 bits per heavy atom. The Morgan fingerprint density at radius 2 is 2.28 bits per heavy atom. The average Bonchev–Trinajstić information content (AvgIpc) is 3.13. The number of nitrogens with one attached hydrogen (secondary N) is 1. The molecule has 1 aromatic heterocycles. The zero-order valence-corrected chi connectivity index (χ0v) is 15.3. The van der Waals surface area contributed by atoms with Crippen LogP contribution in [0.5, 0.6) is 0 Å². The molecule has 2 heterocycles. The van der Waals surface area contributed by atoms with Gasteiger partial charge in [0.1, 0.15) is 6.67 Å². The lowest BCUT2D eigenvalue weighted by molar-refractivity contribution is -0.130. The number of carbonyl (C=O) groups is 1. The number of hydrogen-bond acceptors (Lipinski definition) is 5. The molecule has 0 aliphatic carbocycles. The Balaban J connectivity index is 1.63. The fourth-order valence-corrected chi connectivity index (χ4v) is 3.17. The van der Waals surface area contributed by atoms with Crippen LogP contribution >= 0.6 is 22.9 Å². The van der Waals surface area contributed by atoms with E-state index in [0.29, 0.717) is 17.4 Å². The summed E-state index contributed by atoms with van der Waals surface area (Å²) in [5.41, 5.74) is 8.62. The summed E-state index contributed by atoms with van der Waals surface area (Å²) in [6.07, 6.45) is 0.216. The predicted molar refractivity (Wildman–Crippen MR) is 103 cm³/mol. The van der Waals surface area contributed by atoms with E-state index in [2.05, 4.69) is 15.4 Å². The van der Waals surface area contributed by atoms with Crippen LogP contribution in [0.15, 0.2) is 45.8 Å². The van der Waals surface area contributed by atoms with Gasteiger partial charge < -0.3 is 11.1 Å². The first-order valence-corrected chi connectivity index (χ1v) is 9.00. The molecule has 0 radical (unpaired) electrons. The second-order valence-corrected chi connectivity index (χ2v) is 6.92. The van der Waals surface area contributed by atoms with Crippen molar-refractivity contribution in [2.45, 2.75) is 13.3 Å². The van der Waals surface area contributed by atoms with Gasteiger partial charge in [0.25, 0.3) is 0 Å². The second-order valence-electron chi connectivity index (χ2n) is 5.56.